The molecule has 142 valence electrons. The molecular formula is C21H19ClN4OS. The van der Waals surface area contributed by atoms with Crippen molar-refractivity contribution in [2.24, 2.45) is 0 Å². The van der Waals surface area contributed by atoms with Crippen molar-refractivity contribution in [1.29, 1.82) is 0 Å². The molecule has 0 aliphatic carbocycles. The largest absolute Gasteiger partial charge is 0.353 e. The molecule has 0 bridgehead atoms. The average Bonchev–Trinajstić information content (AvgIpc) is 3.06. The number of fused-ring (bicyclic) bond motifs is 3. The van der Waals surface area contributed by atoms with E-state index in [1.165, 1.54) is 4.90 Å². The lowest BCUT2D eigenvalue weighted by molar-refractivity contribution is 0.396. The van der Waals surface area contributed by atoms with Crippen LogP contribution in [0.15, 0.2) is 58.2 Å². The summed E-state index contributed by atoms with van der Waals surface area (Å²) >= 11 is 7.94. The third kappa shape index (κ3) is 3.33. The summed E-state index contributed by atoms with van der Waals surface area (Å²) in [6, 6.07) is 15.7. The molecule has 5 rings (SSSR count). The Balaban J connectivity index is 1.61. The smallest absolute Gasteiger partial charge is 0.249 e. The van der Waals surface area contributed by atoms with Gasteiger partial charge in [-0.2, -0.15) is 0 Å². The lowest BCUT2D eigenvalue weighted by Gasteiger charge is -2.26. The Morgan fingerprint density at radius 2 is 1.82 bits per heavy atom. The van der Waals surface area contributed by atoms with Crippen molar-refractivity contribution in [3.05, 3.63) is 63.9 Å². The lowest BCUT2D eigenvalue weighted by atomic mass is 10.1. The fraction of sp³-hybridized carbons (Fsp3) is 0.190. The highest BCUT2D eigenvalue weighted by Crippen LogP contribution is 2.34. The number of piperazine rings is 1. The van der Waals surface area contributed by atoms with Crippen molar-refractivity contribution in [2.75, 3.05) is 26.2 Å². The fourth-order valence-corrected chi connectivity index (χ4v) is 4.85. The number of halogens is 1. The number of pyridine rings is 1. The number of rotatable bonds is 3. The van der Waals surface area contributed by atoms with Crippen LogP contribution >= 0.6 is 23.5 Å². The predicted octanol–water partition coefficient (Wildman–Crippen LogP) is 4.24. The molecule has 3 heterocycles. The van der Waals surface area contributed by atoms with Gasteiger partial charge in [-0.1, -0.05) is 23.7 Å². The van der Waals surface area contributed by atoms with E-state index in [1.807, 2.05) is 24.3 Å². The molecule has 0 radical (unpaired) electrons. The first-order valence-corrected chi connectivity index (χ1v) is 10.4. The second kappa shape index (κ2) is 7.29. The molecule has 5 nitrogen and oxygen atoms in total. The minimum atomic E-state index is -0.122. The summed E-state index contributed by atoms with van der Waals surface area (Å²) in [4.78, 5) is 20.0. The molecule has 1 aliphatic rings. The van der Waals surface area contributed by atoms with Crippen molar-refractivity contribution in [1.82, 2.24) is 19.6 Å². The van der Waals surface area contributed by atoms with Gasteiger partial charge < -0.3 is 15.3 Å². The summed E-state index contributed by atoms with van der Waals surface area (Å²) in [6.07, 6.45) is 0. The van der Waals surface area contributed by atoms with E-state index >= 15 is 0 Å². The van der Waals surface area contributed by atoms with Crippen molar-refractivity contribution < 1.29 is 0 Å². The van der Waals surface area contributed by atoms with E-state index in [9.17, 15) is 4.79 Å². The molecule has 4 aromatic rings. The van der Waals surface area contributed by atoms with Gasteiger partial charge in [0.05, 0.1) is 11.0 Å². The maximum absolute atomic E-state index is 12.4. The van der Waals surface area contributed by atoms with Gasteiger partial charge in [0.25, 0.3) is 0 Å². The maximum Gasteiger partial charge on any atom is 0.249 e. The summed E-state index contributed by atoms with van der Waals surface area (Å²) in [5.74, 6) is 0. The lowest BCUT2D eigenvalue weighted by Crippen LogP contribution is -2.39. The SMILES string of the molecule is O=c1cc(-c2cccc(SN3CCNCC3)c2)c2[nH]c3ccc(Cl)cc3c2[nH]1. The van der Waals surface area contributed by atoms with Crippen LogP contribution in [0.4, 0.5) is 0 Å². The van der Waals surface area contributed by atoms with Crippen LogP contribution in [-0.2, 0) is 0 Å². The molecule has 7 heteroatoms. The van der Waals surface area contributed by atoms with Crippen LogP contribution in [0.2, 0.25) is 5.02 Å². The van der Waals surface area contributed by atoms with Gasteiger partial charge in [-0.05, 0) is 47.8 Å². The van der Waals surface area contributed by atoms with Crippen molar-refractivity contribution in [3.8, 4) is 11.1 Å². The molecule has 28 heavy (non-hydrogen) atoms. The van der Waals surface area contributed by atoms with Crippen LogP contribution < -0.4 is 10.9 Å². The van der Waals surface area contributed by atoms with E-state index in [1.54, 1.807) is 18.0 Å². The van der Waals surface area contributed by atoms with Crippen LogP contribution in [0.1, 0.15) is 0 Å². The summed E-state index contributed by atoms with van der Waals surface area (Å²) in [7, 11) is 0. The third-order valence-electron chi connectivity index (χ3n) is 5.01. The van der Waals surface area contributed by atoms with Crippen molar-refractivity contribution in [3.63, 3.8) is 0 Å². The standard InChI is InChI=1S/C21H19ClN4OS/c22-14-4-5-18-17(11-14)21-20(24-18)16(12-19(27)25-21)13-2-1-3-15(10-13)28-26-8-6-23-7-9-26/h1-5,10-12,23-24H,6-9H2,(H,25,27). The summed E-state index contributed by atoms with van der Waals surface area (Å²) in [6.45, 7) is 4.07. The Hall–Kier alpha value is -2.25. The highest BCUT2D eigenvalue weighted by molar-refractivity contribution is 7.97. The number of hydrogen-bond acceptors (Lipinski definition) is 4. The van der Waals surface area contributed by atoms with Crippen LogP contribution in [0.3, 0.4) is 0 Å². The molecule has 0 saturated carbocycles. The Bertz CT molecular complexity index is 1230. The zero-order valence-corrected chi connectivity index (χ0v) is 16.7. The molecule has 1 fully saturated rings. The number of nitrogens with zero attached hydrogens (tertiary/aromatic N) is 1. The Kier molecular flexibility index (Phi) is 4.64. The highest BCUT2D eigenvalue weighted by atomic mass is 35.5. The quantitative estimate of drug-likeness (QED) is 0.442. The van der Waals surface area contributed by atoms with Gasteiger partial charge in [-0.3, -0.25) is 4.79 Å². The third-order valence-corrected chi connectivity index (χ3v) is 6.33. The first-order chi connectivity index (χ1) is 13.7. The van der Waals surface area contributed by atoms with E-state index in [2.05, 4.69) is 37.8 Å². The summed E-state index contributed by atoms with van der Waals surface area (Å²) < 4.78 is 2.37. The van der Waals surface area contributed by atoms with E-state index < -0.39 is 0 Å². The zero-order valence-electron chi connectivity index (χ0n) is 15.1. The van der Waals surface area contributed by atoms with Crippen LogP contribution in [-0.4, -0.2) is 40.5 Å². The Labute approximate surface area is 171 Å². The minimum absolute atomic E-state index is 0.122. The molecule has 0 atom stereocenters. The summed E-state index contributed by atoms with van der Waals surface area (Å²) in [5.41, 5.74) is 4.46. The van der Waals surface area contributed by atoms with Gasteiger partial charge in [-0.25, -0.2) is 4.31 Å². The predicted molar refractivity (Wildman–Crippen MR) is 117 cm³/mol. The van der Waals surface area contributed by atoms with Gasteiger partial charge in [0.1, 0.15) is 0 Å². The first kappa shape index (κ1) is 17.8. The van der Waals surface area contributed by atoms with Crippen LogP contribution in [0.25, 0.3) is 33.1 Å². The molecular weight excluding hydrogens is 392 g/mol. The molecule has 1 saturated heterocycles. The van der Waals surface area contributed by atoms with Crippen molar-refractivity contribution >= 4 is 45.5 Å². The number of hydrogen-bond donors (Lipinski definition) is 3. The Morgan fingerprint density at radius 1 is 0.964 bits per heavy atom. The van der Waals surface area contributed by atoms with Crippen LogP contribution in [0.5, 0.6) is 0 Å². The molecule has 0 spiro atoms. The van der Waals surface area contributed by atoms with Crippen molar-refractivity contribution in [2.45, 2.75) is 4.90 Å². The summed E-state index contributed by atoms with van der Waals surface area (Å²) in [5, 5.41) is 4.95. The van der Waals surface area contributed by atoms with Gasteiger partial charge in [-0.15, -0.1) is 0 Å². The normalized spacial score (nSPS) is 15.5. The van der Waals surface area contributed by atoms with Gasteiger partial charge >= 0.3 is 0 Å². The molecule has 2 aromatic heterocycles. The van der Waals surface area contributed by atoms with Gasteiger partial charge in [0.15, 0.2) is 0 Å². The number of benzene rings is 2. The molecule has 2 aromatic carbocycles. The molecule has 1 aliphatic heterocycles. The number of aromatic amines is 2. The number of aromatic nitrogens is 2. The number of H-pyrrole nitrogens is 2. The highest BCUT2D eigenvalue weighted by Gasteiger charge is 2.14. The second-order valence-electron chi connectivity index (χ2n) is 6.91. The van der Waals surface area contributed by atoms with E-state index in [0.717, 1.165) is 59.2 Å². The van der Waals surface area contributed by atoms with Gasteiger partial charge in [0.2, 0.25) is 5.56 Å². The van der Waals surface area contributed by atoms with E-state index in [-0.39, 0.29) is 5.56 Å². The number of nitrogens with one attached hydrogen (secondary N) is 3. The van der Waals surface area contributed by atoms with E-state index in [4.69, 9.17) is 11.6 Å². The molecule has 0 unspecified atom stereocenters. The second-order valence-corrected chi connectivity index (χ2v) is 8.52. The van der Waals surface area contributed by atoms with Gasteiger partial charge in [0, 0.05) is 58.6 Å². The monoisotopic (exact) mass is 410 g/mol. The topological polar surface area (TPSA) is 63.9 Å². The zero-order chi connectivity index (χ0) is 19.1. The fourth-order valence-electron chi connectivity index (χ4n) is 3.69. The Morgan fingerprint density at radius 3 is 2.68 bits per heavy atom. The maximum atomic E-state index is 12.4. The first-order valence-electron chi connectivity index (χ1n) is 9.26. The molecule has 0 amide bonds. The average molecular weight is 411 g/mol. The van der Waals surface area contributed by atoms with E-state index in [0.29, 0.717) is 5.02 Å². The minimum Gasteiger partial charge on any atom is -0.353 e. The molecule has 3 N–H and O–H groups in total. The van der Waals surface area contributed by atoms with Crippen LogP contribution in [0, 0.1) is 0 Å².